The van der Waals surface area contributed by atoms with Gasteiger partial charge in [0.25, 0.3) is 0 Å². The number of benzene rings is 1. The molecule has 1 atom stereocenters. The maximum Gasteiger partial charge on any atom is 0.164 e. The Morgan fingerprint density at radius 3 is 2.57 bits per heavy atom. The van der Waals surface area contributed by atoms with Gasteiger partial charge < -0.3 is 4.90 Å². The standard InChI is InChI=1S/C17H23ClN2O/c18-15-5-3-14(4-6-15)17(21)8-12-19-11-7-16(13-19)20-9-1-2-10-20/h3-6,16H,1-2,7-13H2. The van der Waals surface area contributed by atoms with Crippen LogP contribution in [-0.2, 0) is 0 Å². The Morgan fingerprint density at radius 2 is 1.86 bits per heavy atom. The average molecular weight is 307 g/mol. The molecule has 0 aliphatic carbocycles. The van der Waals surface area contributed by atoms with Crippen LogP contribution in [0.5, 0.6) is 0 Å². The van der Waals surface area contributed by atoms with Gasteiger partial charge in [0, 0.05) is 36.1 Å². The number of carbonyl (C=O) groups excluding carboxylic acids is 1. The molecule has 0 N–H and O–H groups in total. The van der Waals surface area contributed by atoms with E-state index in [9.17, 15) is 4.79 Å². The van der Waals surface area contributed by atoms with E-state index < -0.39 is 0 Å². The number of nitrogens with zero attached hydrogens (tertiary/aromatic N) is 2. The highest BCUT2D eigenvalue weighted by Crippen LogP contribution is 2.20. The fourth-order valence-electron chi connectivity index (χ4n) is 3.46. The van der Waals surface area contributed by atoms with Crippen molar-refractivity contribution in [2.45, 2.75) is 31.7 Å². The molecule has 0 radical (unpaired) electrons. The maximum absolute atomic E-state index is 12.2. The summed E-state index contributed by atoms with van der Waals surface area (Å²) < 4.78 is 0. The number of hydrogen-bond donors (Lipinski definition) is 0. The van der Waals surface area contributed by atoms with E-state index in [1.54, 1.807) is 12.1 Å². The van der Waals surface area contributed by atoms with Crippen molar-refractivity contribution >= 4 is 17.4 Å². The van der Waals surface area contributed by atoms with Gasteiger partial charge in [-0.3, -0.25) is 9.69 Å². The third-order valence-corrected chi connectivity index (χ3v) is 4.98. The van der Waals surface area contributed by atoms with Gasteiger partial charge in [0.2, 0.25) is 0 Å². The lowest BCUT2D eigenvalue weighted by Gasteiger charge is -2.23. The molecule has 2 heterocycles. The second-order valence-corrected chi connectivity index (χ2v) is 6.60. The molecule has 1 aromatic carbocycles. The van der Waals surface area contributed by atoms with Gasteiger partial charge in [-0.05, 0) is 63.2 Å². The van der Waals surface area contributed by atoms with Crippen LogP contribution < -0.4 is 0 Å². The largest absolute Gasteiger partial charge is 0.301 e. The van der Waals surface area contributed by atoms with Gasteiger partial charge in [0.15, 0.2) is 5.78 Å². The van der Waals surface area contributed by atoms with Crippen LogP contribution in [0, 0.1) is 0 Å². The Morgan fingerprint density at radius 1 is 1.14 bits per heavy atom. The Labute approximate surface area is 131 Å². The SMILES string of the molecule is O=C(CCN1CCC(N2CCCC2)C1)c1ccc(Cl)cc1. The molecule has 2 saturated heterocycles. The van der Waals surface area contributed by atoms with Crippen molar-refractivity contribution in [3.63, 3.8) is 0 Å². The van der Waals surface area contributed by atoms with Gasteiger partial charge in [0.05, 0.1) is 0 Å². The molecule has 1 unspecified atom stereocenters. The summed E-state index contributed by atoms with van der Waals surface area (Å²) >= 11 is 5.85. The minimum absolute atomic E-state index is 0.219. The lowest BCUT2D eigenvalue weighted by molar-refractivity contribution is 0.0967. The number of rotatable bonds is 5. The van der Waals surface area contributed by atoms with Gasteiger partial charge >= 0.3 is 0 Å². The third-order valence-electron chi connectivity index (χ3n) is 4.73. The van der Waals surface area contributed by atoms with Gasteiger partial charge in [-0.15, -0.1) is 0 Å². The zero-order chi connectivity index (χ0) is 14.7. The lowest BCUT2D eigenvalue weighted by atomic mass is 10.1. The molecule has 0 spiro atoms. The fourth-order valence-corrected chi connectivity index (χ4v) is 3.59. The molecule has 1 aromatic rings. The molecular formula is C17H23ClN2O. The Hall–Kier alpha value is -0.900. The molecule has 0 amide bonds. The van der Waals surface area contributed by atoms with Crippen LogP contribution in [-0.4, -0.2) is 54.3 Å². The zero-order valence-electron chi connectivity index (χ0n) is 12.4. The van der Waals surface area contributed by atoms with Crippen LogP contribution in [0.25, 0.3) is 0 Å². The summed E-state index contributed by atoms with van der Waals surface area (Å²) in [7, 11) is 0. The van der Waals surface area contributed by atoms with Crippen LogP contribution in [0.2, 0.25) is 5.02 Å². The minimum Gasteiger partial charge on any atom is -0.301 e. The summed E-state index contributed by atoms with van der Waals surface area (Å²) in [6.07, 6.45) is 4.57. The van der Waals surface area contributed by atoms with E-state index in [1.807, 2.05) is 12.1 Å². The average Bonchev–Trinajstić information content (AvgIpc) is 3.16. The quantitative estimate of drug-likeness (QED) is 0.781. The first kappa shape index (κ1) is 15.0. The highest BCUT2D eigenvalue weighted by molar-refractivity contribution is 6.30. The van der Waals surface area contributed by atoms with E-state index in [1.165, 1.54) is 32.4 Å². The third kappa shape index (κ3) is 3.85. The van der Waals surface area contributed by atoms with Crippen LogP contribution in [0.3, 0.4) is 0 Å². The predicted octanol–water partition coefficient (Wildman–Crippen LogP) is 3.08. The van der Waals surface area contributed by atoms with Crippen LogP contribution in [0.4, 0.5) is 0 Å². The Balaban J connectivity index is 1.45. The van der Waals surface area contributed by atoms with E-state index in [4.69, 9.17) is 11.6 Å². The number of Topliss-reactive ketones (excluding diaryl/α,β-unsaturated/α-hetero) is 1. The summed E-state index contributed by atoms with van der Waals surface area (Å²) in [5.41, 5.74) is 0.773. The number of likely N-dealkylation sites (tertiary alicyclic amines) is 2. The predicted molar refractivity (Wildman–Crippen MR) is 86.1 cm³/mol. The summed E-state index contributed by atoms with van der Waals surface area (Å²) in [6, 6.07) is 7.93. The Kier molecular flexibility index (Phi) is 4.94. The van der Waals surface area contributed by atoms with Crippen molar-refractivity contribution in [2.24, 2.45) is 0 Å². The number of hydrogen-bond acceptors (Lipinski definition) is 3. The fraction of sp³-hybridized carbons (Fsp3) is 0.588. The molecule has 2 fully saturated rings. The smallest absolute Gasteiger partial charge is 0.164 e. The second kappa shape index (κ2) is 6.91. The van der Waals surface area contributed by atoms with Crippen molar-refractivity contribution in [1.82, 2.24) is 9.80 Å². The number of ketones is 1. The molecule has 0 bridgehead atoms. The Bertz CT molecular complexity index is 482. The molecule has 0 saturated carbocycles. The topological polar surface area (TPSA) is 23.6 Å². The van der Waals surface area contributed by atoms with Gasteiger partial charge in [-0.1, -0.05) is 11.6 Å². The summed E-state index contributed by atoms with van der Waals surface area (Å²) in [5.74, 6) is 0.219. The molecule has 3 rings (SSSR count). The lowest BCUT2D eigenvalue weighted by Crippen LogP contribution is -2.35. The molecule has 2 aliphatic heterocycles. The van der Waals surface area contributed by atoms with Crippen LogP contribution >= 0.6 is 11.6 Å². The van der Waals surface area contributed by atoms with E-state index in [-0.39, 0.29) is 5.78 Å². The van der Waals surface area contributed by atoms with Crippen LogP contribution in [0.15, 0.2) is 24.3 Å². The van der Waals surface area contributed by atoms with Crippen molar-refractivity contribution in [3.8, 4) is 0 Å². The van der Waals surface area contributed by atoms with Gasteiger partial charge in [-0.2, -0.15) is 0 Å². The molecule has 4 heteroatoms. The number of carbonyl (C=O) groups is 1. The van der Waals surface area contributed by atoms with Crippen molar-refractivity contribution < 1.29 is 4.79 Å². The van der Waals surface area contributed by atoms with Crippen molar-refractivity contribution in [3.05, 3.63) is 34.9 Å². The second-order valence-electron chi connectivity index (χ2n) is 6.17. The maximum atomic E-state index is 12.2. The van der Waals surface area contributed by atoms with E-state index in [0.29, 0.717) is 11.4 Å². The zero-order valence-corrected chi connectivity index (χ0v) is 13.2. The molecule has 0 aromatic heterocycles. The molecule has 114 valence electrons. The summed E-state index contributed by atoms with van der Waals surface area (Å²) in [5, 5.41) is 0.680. The first-order chi connectivity index (χ1) is 10.2. The van der Waals surface area contributed by atoms with Gasteiger partial charge in [0.1, 0.15) is 0 Å². The normalized spacial score (nSPS) is 23.8. The summed E-state index contributed by atoms with van der Waals surface area (Å²) in [6.45, 7) is 5.68. The minimum atomic E-state index is 0.219. The highest BCUT2D eigenvalue weighted by atomic mass is 35.5. The first-order valence-corrected chi connectivity index (χ1v) is 8.35. The van der Waals surface area contributed by atoms with E-state index in [0.717, 1.165) is 31.2 Å². The summed E-state index contributed by atoms with van der Waals surface area (Å²) in [4.78, 5) is 17.2. The molecule has 2 aliphatic rings. The molecular weight excluding hydrogens is 284 g/mol. The first-order valence-electron chi connectivity index (χ1n) is 7.97. The molecule has 3 nitrogen and oxygen atoms in total. The van der Waals surface area contributed by atoms with E-state index >= 15 is 0 Å². The van der Waals surface area contributed by atoms with Crippen LogP contribution in [0.1, 0.15) is 36.0 Å². The highest BCUT2D eigenvalue weighted by Gasteiger charge is 2.29. The van der Waals surface area contributed by atoms with Gasteiger partial charge in [-0.25, -0.2) is 0 Å². The number of halogens is 1. The van der Waals surface area contributed by atoms with E-state index in [2.05, 4.69) is 9.80 Å². The van der Waals surface area contributed by atoms with Crippen molar-refractivity contribution in [2.75, 3.05) is 32.7 Å². The monoisotopic (exact) mass is 306 g/mol. The molecule has 21 heavy (non-hydrogen) atoms. The van der Waals surface area contributed by atoms with Crippen molar-refractivity contribution in [1.29, 1.82) is 0 Å².